The molecule has 0 bridgehead atoms. The Morgan fingerprint density at radius 1 is 1.29 bits per heavy atom. The fraction of sp³-hybridized carbons (Fsp3) is 0.400. The zero-order valence-electron chi connectivity index (χ0n) is 7.70. The number of nitrogens with one attached hydrogen (secondary N) is 1. The van der Waals surface area contributed by atoms with E-state index in [0.717, 1.165) is 18.4 Å². The zero-order chi connectivity index (χ0) is 10.3. The standard InChI is InChI=1S/C10H10BrF2N/c1-14-10(2-3-10)6-4-8(12)9(13)5-7(6)11/h4-5,14H,2-3H2,1H3. The molecule has 0 atom stereocenters. The summed E-state index contributed by atoms with van der Waals surface area (Å²) in [7, 11) is 1.83. The molecule has 0 spiro atoms. The van der Waals surface area contributed by atoms with Gasteiger partial charge in [0.15, 0.2) is 11.6 Å². The van der Waals surface area contributed by atoms with Crippen LogP contribution in [0.4, 0.5) is 8.78 Å². The number of halogens is 3. The summed E-state index contributed by atoms with van der Waals surface area (Å²) in [5.41, 5.74) is 0.659. The molecule has 4 heteroatoms. The van der Waals surface area contributed by atoms with Gasteiger partial charge in [-0.05, 0) is 37.6 Å². The first kappa shape index (κ1) is 10.1. The van der Waals surface area contributed by atoms with Gasteiger partial charge in [0.05, 0.1) is 0 Å². The summed E-state index contributed by atoms with van der Waals surface area (Å²) in [6.07, 6.45) is 1.93. The highest BCUT2D eigenvalue weighted by Gasteiger charge is 2.44. The Morgan fingerprint density at radius 3 is 2.36 bits per heavy atom. The van der Waals surface area contributed by atoms with Crippen LogP contribution in [0, 0.1) is 11.6 Å². The molecule has 1 saturated carbocycles. The zero-order valence-corrected chi connectivity index (χ0v) is 9.29. The van der Waals surface area contributed by atoms with E-state index in [1.54, 1.807) is 0 Å². The summed E-state index contributed by atoms with van der Waals surface area (Å²) in [5, 5.41) is 3.14. The molecular weight excluding hydrogens is 252 g/mol. The first-order valence-corrected chi connectivity index (χ1v) is 5.22. The molecule has 1 nitrogen and oxygen atoms in total. The molecule has 1 aliphatic rings. The van der Waals surface area contributed by atoms with E-state index in [4.69, 9.17) is 0 Å². The summed E-state index contributed by atoms with van der Waals surface area (Å²) in [6, 6.07) is 2.45. The van der Waals surface area contributed by atoms with Crippen LogP contribution in [0.2, 0.25) is 0 Å². The fourth-order valence-electron chi connectivity index (χ4n) is 1.67. The van der Waals surface area contributed by atoms with Crippen molar-refractivity contribution in [3.8, 4) is 0 Å². The smallest absolute Gasteiger partial charge is 0.159 e. The molecule has 76 valence electrons. The van der Waals surface area contributed by atoms with Gasteiger partial charge in [0.1, 0.15) is 0 Å². The van der Waals surface area contributed by atoms with Gasteiger partial charge in [-0.2, -0.15) is 0 Å². The average Bonchev–Trinajstić information content (AvgIpc) is 2.92. The van der Waals surface area contributed by atoms with E-state index in [9.17, 15) is 8.78 Å². The largest absolute Gasteiger partial charge is 0.310 e. The van der Waals surface area contributed by atoms with Crippen molar-refractivity contribution >= 4 is 15.9 Å². The molecule has 0 aliphatic heterocycles. The van der Waals surface area contributed by atoms with Crippen molar-refractivity contribution in [2.75, 3.05) is 7.05 Å². The lowest BCUT2D eigenvalue weighted by atomic mass is 10.1. The highest BCUT2D eigenvalue weighted by atomic mass is 79.9. The lowest BCUT2D eigenvalue weighted by Gasteiger charge is -2.16. The number of hydrogen-bond donors (Lipinski definition) is 1. The predicted molar refractivity (Wildman–Crippen MR) is 54.0 cm³/mol. The number of benzene rings is 1. The first-order chi connectivity index (χ1) is 6.59. The van der Waals surface area contributed by atoms with E-state index in [1.807, 2.05) is 7.05 Å². The van der Waals surface area contributed by atoms with E-state index >= 15 is 0 Å². The molecule has 1 aliphatic carbocycles. The number of rotatable bonds is 2. The van der Waals surface area contributed by atoms with Crippen LogP contribution in [0.15, 0.2) is 16.6 Å². The van der Waals surface area contributed by atoms with Crippen molar-refractivity contribution in [2.45, 2.75) is 18.4 Å². The maximum atomic E-state index is 13.0. The Morgan fingerprint density at radius 2 is 1.86 bits per heavy atom. The topological polar surface area (TPSA) is 12.0 Å². The van der Waals surface area contributed by atoms with Crippen LogP contribution in [0.5, 0.6) is 0 Å². The second kappa shape index (κ2) is 3.28. The van der Waals surface area contributed by atoms with E-state index in [1.165, 1.54) is 12.1 Å². The molecule has 1 fully saturated rings. The van der Waals surface area contributed by atoms with E-state index in [2.05, 4.69) is 21.2 Å². The first-order valence-electron chi connectivity index (χ1n) is 4.43. The van der Waals surface area contributed by atoms with Crippen LogP contribution in [-0.4, -0.2) is 7.05 Å². The van der Waals surface area contributed by atoms with Crippen LogP contribution in [0.3, 0.4) is 0 Å². The van der Waals surface area contributed by atoms with Crippen LogP contribution >= 0.6 is 15.9 Å². The number of hydrogen-bond acceptors (Lipinski definition) is 1. The lowest BCUT2D eigenvalue weighted by molar-refractivity contribution is 0.498. The maximum absolute atomic E-state index is 13.0. The van der Waals surface area contributed by atoms with Gasteiger partial charge in [0, 0.05) is 10.0 Å². The molecule has 0 saturated heterocycles. The second-order valence-corrected chi connectivity index (χ2v) is 4.43. The normalized spacial score (nSPS) is 18.3. The molecule has 0 radical (unpaired) electrons. The maximum Gasteiger partial charge on any atom is 0.159 e. The summed E-state index contributed by atoms with van der Waals surface area (Å²) < 4.78 is 26.5. The van der Waals surface area contributed by atoms with E-state index in [0.29, 0.717) is 4.47 Å². The third kappa shape index (κ3) is 1.46. The van der Waals surface area contributed by atoms with Crippen LogP contribution < -0.4 is 5.32 Å². The Balaban J connectivity index is 2.49. The van der Waals surface area contributed by atoms with Crippen molar-refractivity contribution in [1.29, 1.82) is 0 Å². The highest BCUT2D eigenvalue weighted by Crippen LogP contribution is 2.47. The molecule has 0 heterocycles. The monoisotopic (exact) mass is 261 g/mol. The van der Waals surface area contributed by atoms with Gasteiger partial charge in [-0.1, -0.05) is 15.9 Å². The molecule has 1 N–H and O–H groups in total. The summed E-state index contributed by atoms with van der Waals surface area (Å²) in [4.78, 5) is 0. The highest BCUT2D eigenvalue weighted by molar-refractivity contribution is 9.10. The lowest BCUT2D eigenvalue weighted by Crippen LogP contribution is -2.25. The molecule has 0 unspecified atom stereocenters. The summed E-state index contributed by atoms with van der Waals surface area (Å²) in [5.74, 6) is -1.60. The molecule has 2 rings (SSSR count). The molecule has 14 heavy (non-hydrogen) atoms. The van der Waals surface area contributed by atoms with Crippen LogP contribution in [0.25, 0.3) is 0 Å². The van der Waals surface area contributed by atoms with Gasteiger partial charge in [-0.25, -0.2) is 8.78 Å². The van der Waals surface area contributed by atoms with Crippen molar-refractivity contribution in [3.63, 3.8) is 0 Å². The van der Waals surface area contributed by atoms with Crippen molar-refractivity contribution in [2.24, 2.45) is 0 Å². The van der Waals surface area contributed by atoms with Gasteiger partial charge in [0.2, 0.25) is 0 Å². The Labute approximate surface area is 89.6 Å². The minimum absolute atomic E-state index is 0.145. The fourth-order valence-corrected chi connectivity index (χ4v) is 2.36. The quantitative estimate of drug-likeness (QED) is 0.808. The Kier molecular flexibility index (Phi) is 2.35. The minimum atomic E-state index is -0.812. The van der Waals surface area contributed by atoms with Crippen molar-refractivity contribution in [3.05, 3.63) is 33.8 Å². The van der Waals surface area contributed by atoms with Crippen molar-refractivity contribution in [1.82, 2.24) is 5.32 Å². The van der Waals surface area contributed by atoms with E-state index in [-0.39, 0.29) is 5.54 Å². The Bertz CT molecular complexity index is 375. The predicted octanol–water partition coefficient (Wildman–Crippen LogP) is 2.94. The Hall–Kier alpha value is -0.480. The SMILES string of the molecule is CNC1(c2cc(F)c(F)cc2Br)CC1. The molecule has 0 aromatic heterocycles. The van der Waals surface area contributed by atoms with Crippen molar-refractivity contribution < 1.29 is 8.78 Å². The van der Waals surface area contributed by atoms with Crippen LogP contribution in [-0.2, 0) is 5.54 Å². The molecule has 0 amide bonds. The molecular formula is C10H10BrF2N. The third-order valence-corrected chi connectivity index (χ3v) is 3.41. The minimum Gasteiger partial charge on any atom is -0.310 e. The van der Waals surface area contributed by atoms with Gasteiger partial charge in [-0.3, -0.25) is 0 Å². The second-order valence-electron chi connectivity index (χ2n) is 3.58. The van der Waals surface area contributed by atoms with Gasteiger partial charge in [0.25, 0.3) is 0 Å². The molecule has 1 aromatic rings. The van der Waals surface area contributed by atoms with Gasteiger partial charge < -0.3 is 5.32 Å². The van der Waals surface area contributed by atoms with Gasteiger partial charge >= 0.3 is 0 Å². The molecule has 1 aromatic carbocycles. The van der Waals surface area contributed by atoms with Crippen LogP contribution in [0.1, 0.15) is 18.4 Å². The van der Waals surface area contributed by atoms with Gasteiger partial charge in [-0.15, -0.1) is 0 Å². The summed E-state index contributed by atoms with van der Waals surface area (Å²) >= 11 is 3.25. The van der Waals surface area contributed by atoms with E-state index < -0.39 is 11.6 Å². The average molecular weight is 262 g/mol. The summed E-state index contributed by atoms with van der Waals surface area (Å²) in [6.45, 7) is 0. The third-order valence-electron chi connectivity index (χ3n) is 2.75.